The second-order valence-electron chi connectivity index (χ2n) is 10.2. The number of benzene rings is 2. The zero-order valence-corrected chi connectivity index (χ0v) is 22.6. The third-order valence-corrected chi connectivity index (χ3v) is 7.49. The van der Waals surface area contributed by atoms with Crippen LogP contribution in [0.4, 0.5) is 4.79 Å². The van der Waals surface area contributed by atoms with Gasteiger partial charge in [0, 0.05) is 32.2 Å². The Hall–Kier alpha value is -2.52. The highest BCUT2D eigenvalue weighted by molar-refractivity contribution is 6.42. The van der Waals surface area contributed by atoms with Gasteiger partial charge in [0.05, 0.1) is 16.7 Å². The van der Waals surface area contributed by atoms with Crippen molar-refractivity contribution < 1.29 is 24.2 Å². The molecule has 2 aliphatic rings. The van der Waals surface area contributed by atoms with Crippen LogP contribution in [0, 0.1) is 0 Å². The number of carbonyl (C=O) groups excluding carboxylic acids is 2. The molecule has 2 N–H and O–H groups in total. The summed E-state index contributed by atoms with van der Waals surface area (Å²) in [6.45, 7) is 6.65. The molecule has 200 valence electrons. The van der Waals surface area contributed by atoms with Gasteiger partial charge in [-0.2, -0.15) is 0 Å². The molecule has 0 bridgehead atoms. The summed E-state index contributed by atoms with van der Waals surface area (Å²) in [5, 5.41) is 14.5. The summed E-state index contributed by atoms with van der Waals surface area (Å²) in [4.78, 5) is 27.7. The minimum absolute atomic E-state index is 0.208. The lowest BCUT2D eigenvalue weighted by atomic mass is 9.92. The Kier molecular flexibility index (Phi) is 8.53. The molecule has 37 heavy (non-hydrogen) atoms. The Labute approximate surface area is 227 Å². The van der Waals surface area contributed by atoms with E-state index >= 15 is 0 Å². The highest BCUT2D eigenvalue weighted by atomic mass is 35.5. The molecule has 2 aromatic rings. The largest absolute Gasteiger partial charge is 0.494 e. The topological polar surface area (TPSA) is 91.3 Å². The number of imide groups is 1. The van der Waals surface area contributed by atoms with Crippen LogP contribution in [0.5, 0.6) is 11.5 Å². The number of urea groups is 1. The lowest BCUT2D eigenvalue weighted by molar-refractivity contribution is -0.130. The number of ether oxygens (including phenoxy) is 2. The van der Waals surface area contributed by atoms with Gasteiger partial charge in [0.1, 0.15) is 29.2 Å². The van der Waals surface area contributed by atoms with E-state index in [1.165, 1.54) is 4.90 Å². The molecule has 2 fully saturated rings. The predicted octanol–water partition coefficient (Wildman–Crippen LogP) is 4.50. The van der Waals surface area contributed by atoms with Crippen molar-refractivity contribution in [3.05, 3.63) is 58.1 Å². The van der Waals surface area contributed by atoms with E-state index in [4.69, 9.17) is 32.7 Å². The second kappa shape index (κ2) is 11.5. The van der Waals surface area contributed by atoms with Gasteiger partial charge in [0.25, 0.3) is 5.91 Å². The van der Waals surface area contributed by atoms with E-state index in [2.05, 4.69) is 10.2 Å². The number of rotatable bonds is 10. The van der Waals surface area contributed by atoms with E-state index < -0.39 is 11.1 Å². The van der Waals surface area contributed by atoms with Crippen LogP contribution in [0.3, 0.4) is 0 Å². The number of aliphatic hydroxyl groups is 1. The first-order valence-corrected chi connectivity index (χ1v) is 13.2. The lowest BCUT2D eigenvalue weighted by Gasteiger charge is -2.38. The van der Waals surface area contributed by atoms with Crippen LogP contribution in [0.1, 0.15) is 38.7 Å². The van der Waals surface area contributed by atoms with Crippen LogP contribution < -0.4 is 14.8 Å². The molecule has 2 aliphatic heterocycles. The van der Waals surface area contributed by atoms with E-state index in [1.54, 1.807) is 32.0 Å². The molecule has 0 atom stereocenters. The molecule has 0 aromatic heterocycles. The monoisotopic (exact) mass is 549 g/mol. The molecule has 3 amide bonds. The molecular weight excluding hydrogens is 517 g/mol. The summed E-state index contributed by atoms with van der Waals surface area (Å²) in [7, 11) is 0. The summed E-state index contributed by atoms with van der Waals surface area (Å²) in [5.74, 6) is 1.12. The molecule has 0 unspecified atom stereocenters. The van der Waals surface area contributed by atoms with Crippen LogP contribution in [0.2, 0.25) is 10.0 Å². The zero-order chi connectivity index (χ0) is 26.6. The Morgan fingerprint density at radius 1 is 0.973 bits per heavy atom. The van der Waals surface area contributed by atoms with Gasteiger partial charge < -0.3 is 19.9 Å². The summed E-state index contributed by atoms with van der Waals surface area (Å²) in [6.07, 6.45) is 1.79. The first-order chi connectivity index (χ1) is 17.5. The predicted molar refractivity (Wildman–Crippen MR) is 142 cm³/mol. The Morgan fingerprint density at radius 3 is 2.27 bits per heavy atom. The fraction of sp³-hybridized carbons (Fsp3) is 0.481. The van der Waals surface area contributed by atoms with E-state index in [9.17, 15) is 14.7 Å². The number of likely N-dealkylation sites (tertiary alicyclic amines) is 1. The molecule has 0 saturated carbocycles. The molecule has 2 saturated heterocycles. The standard InChI is InChI=1S/C27H33Cl2N3O5/c1-26(2)24(33)32(25(34)30-26)12-3-15-36-20-6-4-19(5-7-20)17-31-13-10-27(35,11-14-31)18-37-21-8-9-22(28)23(29)16-21/h4-9,16,35H,3,10-15,17-18H2,1-2H3,(H,30,34). The van der Waals surface area contributed by atoms with Gasteiger partial charge in [0.2, 0.25) is 0 Å². The highest BCUT2D eigenvalue weighted by Gasteiger charge is 2.43. The van der Waals surface area contributed by atoms with Crippen molar-refractivity contribution in [2.75, 3.05) is 32.8 Å². The van der Waals surface area contributed by atoms with Crippen molar-refractivity contribution in [2.24, 2.45) is 0 Å². The normalized spacial score (nSPS) is 19.1. The van der Waals surface area contributed by atoms with Crippen molar-refractivity contribution in [1.29, 1.82) is 0 Å². The molecular formula is C27H33Cl2N3O5. The first kappa shape index (κ1) is 27.5. The smallest absolute Gasteiger partial charge is 0.325 e. The van der Waals surface area contributed by atoms with Crippen LogP contribution >= 0.6 is 23.2 Å². The van der Waals surface area contributed by atoms with Crippen molar-refractivity contribution in [1.82, 2.24) is 15.1 Å². The molecule has 0 radical (unpaired) electrons. The third-order valence-electron chi connectivity index (χ3n) is 6.75. The number of nitrogens with one attached hydrogen (secondary N) is 1. The molecule has 0 spiro atoms. The summed E-state index contributed by atoms with van der Waals surface area (Å²) >= 11 is 12.0. The van der Waals surface area contributed by atoms with Gasteiger partial charge in [-0.15, -0.1) is 0 Å². The fourth-order valence-electron chi connectivity index (χ4n) is 4.44. The zero-order valence-electron chi connectivity index (χ0n) is 21.1. The molecule has 0 aliphatic carbocycles. The van der Waals surface area contributed by atoms with Crippen LogP contribution in [0.15, 0.2) is 42.5 Å². The van der Waals surface area contributed by atoms with E-state index in [0.29, 0.717) is 48.2 Å². The Morgan fingerprint density at radius 2 is 1.65 bits per heavy atom. The number of halogens is 2. The second-order valence-corrected chi connectivity index (χ2v) is 11.0. The van der Waals surface area contributed by atoms with Gasteiger partial charge in [-0.1, -0.05) is 35.3 Å². The summed E-state index contributed by atoms with van der Waals surface area (Å²) in [6, 6.07) is 12.6. The SMILES string of the molecule is CC1(C)NC(=O)N(CCCOc2ccc(CN3CCC(O)(COc4ccc(Cl)c(Cl)c4)CC3)cc2)C1=O. The van der Waals surface area contributed by atoms with Gasteiger partial charge in [0.15, 0.2) is 0 Å². The molecule has 2 heterocycles. The molecule has 10 heteroatoms. The van der Waals surface area contributed by atoms with Crippen LogP contribution in [0.25, 0.3) is 0 Å². The maximum atomic E-state index is 12.2. The van der Waals surface area contributed by atoms with Gasteiger partial charge in [-0.25, -0.2) is 4.79 Å². The lowest BCUT2D eigenvalue weighted by Crippen LogP contribution is -2.47. The number of nitrogens with zero attached hydrogens (tertiary/aromatic N) is 2. The minimum atomic E-state index is -0.879. The van der Waals surface area contributed by atoms with Crippen LogP contribution in [-0.4, -0.2) is 70.8 Å². The number of hydrogen-bond acceptors (Lipinski definition) is 6. The number of amides is 3. The van der Waals surface area contributed by atoms with Gasteiger partial charge in [-0.05, 0) is 62.9 Å². The summed E-state index contributed by atoms with van der Waals surface area (Å²) < 4.78 is 11.6. The first-order valence-electron chi connectivity index (χ1n) is 12.4. The average Bonchev–Trinajstić information content (AvgIpc) is 3.06. The fourth-order valence-corrected chi connectivity index (χ4v) is 4.73. The van der Waals surface area contributed by atoms with E-state index in [1.807, 2.05) is 24.3 Å². The number of carbonyl (C=O) groups is 2. The number of hydrogen-bond donors (Lipinski definition) is 2. The van der Waals surface area contributed by atoms with Crippen molar-refractivity contribution in [2.45, 2.75) is 50.8 Å². The Balaban J connectivity index is 1.16. The maximum absolute atomic E-state index is 12.2. The average molecular weight is 550 g/mol. The third kappa shape index (κ3) is 7.08. The molecule has 8 nitrogen and oxygen atoms in total. The minimum Gasteiger partial charge on any atom is -0.494 e. The molecule has 4 rings (SSSR count). The number of piperidine rings is 1. The molecule has 2 aromatic carbocycles. The van der Waals surface area contributed by atoms with Crippen molar-refractivity contribution >= 4 is 35.1 Å². The van der Waals surface area contributed by atoms with Crippen LogP contribution in [-0.2, 0) is 11.3 Å². The summed E-state index contributed by atoms with van der Waals surface area (Å²) in [5.41, 5.74) is -0.566. The Bertz CT molecular complexity index is 1120. The van der Waals surface area contributed by atoms with Gasteiger partial charge in [-0.3, -0.25) is 14.6 Å². The van der Waals surface area contributed by atoms with Gasteiger partial charge >= 0.3 is 6.03 Å². The highest BCUT2D eigenvalue weighted by Crippen LogP contribution is 2.29. The van der Waals surface area contributed by atoms with E-state index in [-0.39, 0.29) is 18.5 Å². The van der Waals surface area contributed by atoms with E-state index in [0.717, 1.165) is 30.9 Å². The van der Waals surface area contributed by atoms with Crippen molar-refractivity contribution in [3.8, 4) is 11.5 Å². The maximum Gasteiger partial charge on any atom is 0.325 e. The quantitative estimate of drug-likeness (QED) is 0.335. The van der Waals surface area contributed by atoms with Crippen molar-refractivity contribution in [3.63, 3.8) is 0 Å².